The van der Waals surface area contributed by atoms with Crippen LogP contribution in [0.3, 0.4) is 0 Å². The van der Waals surface area contributed by atoms with Crippen LogP contribution in [0.25, 0.3) is 0 Å². The minimum atomic E-state index is -2.32. The molecule has 8 aromatic carbocycles. The zero-order valence-corrected chi connectivity index (χ0v) is 35.0. The molecule has 12 heteroatoms. The number of carboxylic acids is 2. The molecule has 63 heavy (non-hydrogen) atoms. The number of benzene rings is 8. The van der Waals surface area contributed by atoms with Crippen molar-refractivity contribution in [2.45, 2.75) is 36.3 Å². The average Bonchev–Trinajstić information content (AvgIpc) is 3.30. The van der Waals surface area contributed by atoms with Crippen LogP contribution in [0.15, 0.2) is 230 Å². The van der Waals surface area contributed by atoms with Crippen LogP contribution in [0.4, 0.5) is 17.6 Å². The topological polar surface area (TPSA) is 121 Å². The van der Waals surface area contributed by atoms with Crippen molar-refractivity contribution in [1.82, 2.24) is 0 Å². The molecular formula is C51H38F4O6S2. The Morgan fingerprint density at radius 2 is 0.698 bits per heavy atom. The molecule has 0 fully saturated rings. The van der Waals surface area contributed by atoms with Gasteiger partial charge in [-0.2, -0.15) is 0 Å². The second-order valence-corrected chi connectivity index (χ2v) is 17.1. The molecule has 0 atom stereocenters. The average molecular weight is 887 g/mol. The predicted octanol–water partition coefficient (Wildman–Crippen LogP) is 11.3. The molecule has 0 aliphatic carbocycles. The highest BCUT2D eigenvalue weighted by Crippen LogP contribution is 2.32. The van der Waals surface area contributed by atoms with E-state index < -0.39 is 52.3 Å². The number of halogens is 4. The molecule has 0 unspecified atom stereocenters. The van der Waals surface area contributed by atoms with Gasteiger partial charge in [0.05, 0.1) is 32.9 Å². The van der Waals surface area contributed by atoms with Crippen molar-refractivity contribution in [1.29, 1.82) is 0 Å². The Morgan fingerprint density at radius 3 is 0.952 bits per heavy atom. The van der Waals surface area contributed by atoms with Gasteiger partial charge in [0, 0.05) is 0 Å². The van der Waals surface area contributed by atoms with Crippen LogP contribution < -0.4 is 10.2 Å². The number of hydrogen-bond acceptors (Lipinski definition) is 4. The lowest BCUT2D eigenvalue weighted by molar-refractivity contribution is -0.274. The van der Waals surface area contributed by atoms with E-state index in [1.54, 1.807) is 13.0 Å². The molecule has 0 aliphatic heterocycles. The van der Waals surface area contributed by atoms with E-state index in [4.69, 9.17) is 10.2 Å². The molecule has 0 radical (unpaired) electrons. The SMILES string of the molecule is Cc1ccc(C(=O)O)c([O-])c1.O=C(O)c1c([O-])c(F)c(F)c(F)c1F.c1ccc([S+](c2ccccc2)c2ccccc2)cc1.c1ccc([S+](c2ccccc2)c2ccccc2)cc1. The molecule has 0 aromatic heterocycles. The highest BCUT2D eigenvalue weighted by atomic mass is 32.2. The van der Waals surface area contributed by atoms with Crippen molar-refractivity contribution in [3.8, 4) is 11.5 Å². The lowest BCUT2D eigenvalue weighted by Gasteiger charge is -2.13. The fourth-order valence-electron chi connectivity index (χ4n) is 5.76. The van der Waals surface area contributed by atoms with E-state index >= 15 is 0 Å². The van der Waals surface area contributed by atoms with Gasteiger partial charge < -0.3 is 20.4 Å². The normalized spacial score (nSPS) is 10.3. The molecule has 0 amide bonds. The fraction of sp³-hybridized carbons (Fsp3) is 0.0196. The summed E-state index contributed by atoms with van der Waals surface area (Å²) in [7, 11) is -0.0293. The number of carboxylic acid groups (broad SMARTS) is 2. The summed E-state index contributed by atoms with van der Waals surface area (Å²) in [4.78, 5) is 28.7. The highest BCUT2D eigenvalue weighted by molar-refractivity contribution is 7.97. The Hall–Kier alpha value is -7.28. The molecule has 2 N–H and O–H groups in total. The van der Waals surface area contributed by atoms with E-state index in [1.165, 1.54) is 41.5 Å². The first kappa shape index (κ1) is 46.8. The van der Waals surface area contributed by atoms with Gasteiger partial charge in [-0.05, 0) is 85.8 Å². The smallest absolute Gasteiger partial charge is 0.338 e. The quantitative estimate of drug-likeness (QED) is 0.0678. The summed E-state index contributed by atoms with van der Waals surface area (Å²) in [6.45, 7) is 1.74. The summed E-state index contributed by atoms with van der Waals surface area (Å²) in [6, 6.07) is 68.5. The zero-order chi connectivity index (χ0) is 45.3. The van der Waals surface area contributed by atoms with Crippen molar-refractivity contribution in [3.63, 3.8) is 0 Å². The lowest BCUT2D eigenvalue weighted by atomic mass is 10.1. The van der Waals surface area contributed by atoms with Crippen molar-refractivity contribution in [2.24, 2.45) is 0 Å². The third kappa shape index (κ3) is 12.6. The molecule has 0 saturated heterocycles. The molecule has 8 aromatic rings. The maximum atomic E-state index is 12.6. The molecule has 318 valence electrons. The lowest BCUT2D eigenvalue weighted by Crippen LogP contribution is -2.13. The summed E-state index contributed by atoms with van der Waals surface area (Å²) < 4.78 is 49.7. The minimum Gasteiger partial charge on any atom is -0.872 e. The van der Waals surface area contributed by atoms with Gasteiger partial charge in [-0.3, -0.25) is 0 Å². The number of aryl methyl sites for hydroxylation is 1. The van der Waals surface area contributed by atoms with Crippen molar-refractivity contribution >= 4 is 33.7 Å². The van der Waals surface area contributed by atoms with Gasteiger partial charge in [0.1, 0.15) is 0 Å². The summed E-state index contributed by atoms with van der Waals surface area (Å²) in [5.41, 5.74) is -1.14. The van der Waals surface area contributed by atoms with Gasteiger partial charge >= 0.3 is 11.9 Å². The van der Waals surface area contributed by atoms with Crippen LogP contribution in [0, 0.1) is 30.2 Å². The van der Waals surface area contributed by atoms with E-state index in [0.717, 1.165) is 5.56 Å². The molecule has 0 heterocycles. The molecule has 0 aliphatic rings. The van der Waals surface area contributed by atoms with Crippen LogP contribution in [-0.4, -0.2) is 22.2 Å². The maximum Gasteiger partial charge on any atom is 0.338 e. The van der Waals surface area contributed by atoms with Crippen LogP contribution >= 0.6 is 0 Å². The van der Waals surface area contributed by atoms with Gasteiger partial charge in [-0.25, -0.2) is 27.2 Å². The number of carbonyl (C=O) groups is 2. The summed E-state index contributed by atoms with van der Waals surface area (Å²) in [5, 5.41) is 38.1. The second-order valence-electron chi connectivity index (χ2n) is 13.1. The molecule has 0 bridgehead atoms. The van der Waals surface area contributed by atoms with Crippen molar-refractivity contribution < 1.29 is 47.6 Å². The molecule has 8 rings (SSSR count). The van der Waals surface area contributed by atoms with Gasteiger partial charge in [0.15, 0.2) is 52.6 Å². The summed E-state index contributed by atoms with van der Waals surface area (Å²) >= 11 is 0. The third-order valence-electron chi connectivity index (χ3n) is 8.68. The monoisotopic (exact) mass is 886 g/mol. The number of rotatable bonds is 8. The standard InChI is InChI=1S/2C18H15S.C8H8O3.C7H2F4O3/c2*1-4-10-16(11-5-1)19(17-12-6-2-7-13-17)18-14-8-3-9-15-18;1-5-2-3-6(8(10)11)7(9)4-5;8-2-1(7(13)14)6(12)5(11)4(10)3(2)9/h2*1-15H;2-4,9H,1H3,(H,10,11);12H,(H,13,14)/q2*+1;;/p-2. The van der Waals surface area contributed by atoms with E-state index in [9.17, 15) is 37.4 Å². The molecular weight excluding hydrogens is 849 g/mol. The molecule has 6 nitrogen and oxygen atoms in total. The summed E-state index contributed by atoms with van der Waals surface area (Å²) in [6.07, 6.45) is 0. The molecule has 0 spiro atoms. The maximum absolute atomic E-state index is 12.6. The van der Waals surface area contributed by atoms with Gasteiger partial charge in [0.25, 0.3) is 0 Å². The largest absolute Gasteiger partial charge is 0.872 e. The van der Waals surface area contributed by atoms with E-state index in [1.807, 2.05) is 0 Å². The van der Waals surface area contributed by atoms with Gasteiger partial charge in [0.2, 0.25) is 0 Å². The van der Waals surface area contributed by atoms with E-state index in [2.05, 4.69) is 182 Å². The van der Waals surface area contributed by atoms with Crippen LogP contribution in [-0.2, 0) is 21.8 Å². The minimum absolute atomic E-state index is 0.0146. The number of aromatic carboxylic acids is 2. The first-order valence-electron chi connectivity index (χ1n) is 18.9. The van der Waals surface area contributed by atoms with Crippen molar-refractivity contribution in [3.05, 3.63) is 240 Å². The van der Waals surface area contributed by atoms with E-state index in [-0.39, 0.29) is 27.4 Å². The Labute approximate surface area is 367 Å². The summed E-state index contributed by atoms with van der Waals surface area (Å²) in [5.74, 6) is -14.9. The highest BCUT2D eigenvalue weighted by Gasteiger charge is 2.29. The fourth-order valence-corrected chi connectivity index (χ4v) is 9.97. The Morgan fingerprint density at radius 1 is 0.413 bits per heavy atom. The zero-order valence-electron chi connectivity index (χ0n) is 33.4. The van der Waals surface area contributed by atoms with Gasteiger partial charge in [-0.1, -0.05) is 138 Å². The van der Waals surface area contributed by atoms with E-state index in [0.29, 0.717) is 0 Å². The number of hydrogen-bond donors (Lipinski definition) is 2. The molecule has 0 saturated carbocycles. The Kier molecular flexibility index (Phi) is 17.1. The van der Waals surface area contributed by atoms with Crippen LogP contribution in [0.2, 0.25) is 0 Å². The van der Waals surface area contributed by atoms with Crippen molar-refractivity contribution in [2.75, 3.05) is 0 Å². The first-order valence-corrected chi connectivity index (χ1v) is 21.4. The third-order valence-corrected chi connectivity index (χ3v) is 13.1. The van der Waals surface area contributed by atoms with Gasteiger partial charge in [-0.15, -0.1) is 0 Å². The second kappa shape index (κ2) is 23.1. The predicted molar refractivity (Wildman–Crippen MR) is 233 cm³/mol. The first-order chi connectivity index (χ1) is 30.4. The Bertz CT molecular complexity index is 2360. The van der Waals surface area contributed by atoms with Crippen LogP contribution in [0.5, 0.6) is 11.5 Å². The van der Waals surface area contributed by atoms with Crippen LogP contribution in [0.1, 0.15) is 26.3 Å². The Balaban J connectivity index is 0.000000162.